The molecule has 27 heavy (non-hydrogen) atoms. The van der Waals surface area contributed by atoms with E-state index in [1.54, 1.807) is 0 Å². The van der Waals surface area contributed by atoms with Crippen molar-refractivity contribution in [2.75, 3.05) is 6.54 Å². The normalized spacial score (nSPS) is 21.1. The van der Waals surface area contributed by atoms with Crippen LogP contribution in [0.3, 0.4) is 0 Å². The van der Waals surface area contributed by atoms with Crippen LogP contribution in [0.5, 0.6) is 5.75 Å². The molecule has 4 rings (SSSR count). The zero-order chi connectivity index (χ0) is 18.6. The number of hydrogen-bond donors (Lipinski definition) is 1. The lowest BCUT2D eigenvalue weighted by molar-refractivity contribution is -0.124. The Hall–Kier alpha value is -2.37. The number of carbonyl (C=O) groups is 1. The fourth-order valence-electron chi connectivity index (χ4n) is 3.95. The molecule has 0 unspecified atom stereocenters. The van der Waals surface area contributed by atoms with Crippen molar-refractivity contribution in [1.29, 1.82) is 0 Å². The summed E-state index contributed by atoms with van der Waals surface area (Å²) in [5.74, 6) is 1.87. The molecule has 1 saturated heterocycles. The van der Waals surface area contributed by atoms with Crippen LogP contribution in [0.4, 0.5) is 0 Å². The largest absolute Gasteiger partial charge is 0.490 e. The molecule has 1 aromatic heterocycles. The molecule has 6 heteroatoms. The van der Waals surface area contributed by atoms with E-state index in [0.717, 1.165) is 55.5 Å². The van der Waals surface area contributed by atoms with Crippen molar-refractivity contribution in [1.82, 2.24) is 15.5 Å². The second kappa shape index (κ2) is 8.11. The molecule has 1 aliphatic carbocycles. The van der Waals surface area contributed by atoms with E-state index in [9.17, 15) is 4.79 Å². The van der Waals surface area contributed by atoms with Crippen LogP contribution in [0.1, 0.15) is 56.4 Å². The highest BCUT2D eigenvalue weighted by Crippen LogP contribution is 2.33. The SMILES string of the molecule is Cc1ccc(-c2noc(C[C@H]3CCCCNC3=O)n2)c(OC2CCCC2)c1. The van der Waals surface area contributed by atoms with Crippen molar-refractivity contribution >= 4 is 5.91 Å². The van der Waals surface area contributed by atoms with Gasteiger partial charge < -0.3 is 14.6 Å². The van der Waals surface area contributed by atoms with Gasteiger partial charge in [-0.15, -0.1) is 0 Å². The summed E-state index contributed by atoms with van der Waals surface area (Å²) in [6, 6.07) is 6.07. The Labute approximate surface area is 159 Å². The number of benzene rings is 1. The van der Waals surface area contributed by atoms with Gasteiger partial charge in [0.1, 0.15) is 5.75 Å². The first kappa shape index (κ1) is 18.0. The summed E-state index contributed by atoms with van der Waals surface area (Å²) in [7, 11) is 0. The summed E-state index contributed by atoms with van der Waals surface area (Å²) in [6.45, 7) is 2.81. The van der Waals surface area contributed by atoms with Gasteiger partial charge in [0.25, 0.3) is 0 Å². The predicted molar refractivity (Wildman–Crippen MR) is 101 cm³/mol. The molecule has 2 heterocycles. The number of amides is 1. The maximum Gasteiger partial charge on any atom is 0.227 e. The minimum atomic E-state index is -0.0898. The number of rotatable bonds is 5. The molecule has 6 nitrogen and oxygen atoms in total. The van der Waals surface area contributed by atoms with Crippen molar-refractivity contribution in [2.45, 2.75) is 64.4 Å². The monoisotopic (exact) mass is 369 g/mol. The van der Waals surface area contributed by atoms with E-state index >= 15 is 0 Å². The molecule has 1 N–H and O–H groups in total. The maximum atomic E-state index is 12.2. The molecular formula is C21H27N3O3. The van der Waals surface area contributed by atoms with Gasteiger partial charge in [0, 0.05) is 18.9 Å². The zero-order valence-corrected chi connectivity index (χ0v) is 15.9. The van der Waals surface area contributed by atoms with E-state index in [1.807, 2.05) is 18.2 Å². The van der Waals surface area contributed by atoms with Crippen LogP contribution < -0.4 is 10.1 Å². The molecule has 2 fully saturated rings. The van der Waals surface area contributed by atoms with E-state index in [1.165, 1.54) is 12.8 Å². The molecule has 1 amide bonds. The van der Waals surface area contributed by atoms with Crippen molar-refractivity contribution in [3.05, 3.63) is 29.7 Å². The molecule has 1 aromatic carbocycles. The number of hydrogen-bond acceptors (Lipinski definition) is 5. The van der Waals surface area contributed by atoms with Crippen LogP contribution in [0.25, 0.3) is 11.4 Å². The number of aryl methyl sites for hydroxylation is 1. The van der Waals surface area contributed by atoms with Crippen LogP contribution in [0, 0.1) is 12.8 Å². The van der Waals surface area contributed by atoms with Crippen molar-refractivity contribution in [2.24, 2.45) is 5.92 Å². The summed E-state index contributed by atoms with van der Waals surface area (Å²) in [5.41, 5.74) is 2.00. The van der Waals surface area contributed by atoms with Gasteiger partial charge in [-0.2, -0.15) is 4.98 Å². The third kappa shape index (κ3) is 4.31. The van der Waals surface area contributed by atoms with Crippen LogP contribution in [0.15, 0.2) is 22.7 Å². The standard InChI is InChI=1S/C21H27N3O3/c1-14-9-10-17(18(12-14)26-16-7-2-3-8-16)20-23-19(27-24-20)13-15-6-4-5-11-22-21(15)25/h9-10,12,15-16H,2-8,11,13H2,1H3,(H,22,25)/t15-/m1/s1. The summed E-state index contributed by atoms with van der Waals surface area (Å²) in [4.78, 5) is 16.7. The molecule has 2 aliphatic rings. The van der Waals surface area contributed by atoms with Crippen LogP contribution in [-0.2, 0) is 11.2 Å². The number of aromatic nitrogens is 2. The highest BCUT2D eigenvalue weighted by atomic mass is 16.5. The van der Waals surface area contributed by atoms with Crippen LogP contribution in [-0.4, -0.2) is 28.7 Å². The number of nitrogens with zero attached hydrogens (tertiary/aromatic N) is 2. The van der Waals surface area contributed by atoms with Gasteiger partial charge in [0.15, 0.2) is 0 Å². The van der Waals surface area contributed by atoms with Gasteiger partial charge in [0.05, 0.1) is 11.7 Å². The highest BCUT2D eigenvalue weighted by Gasteiger charge is 2.25. The zero-order valence-electron chi connectivity index (χ0n) is 15.9. The Morgan fingerprint density at radius 1 is 1.19 bits per heavy atom. The fraction of sp³-hybridized carbons (Fsp3) is 0.571. The first-order valence-corrected chi connectivity index (χ1v) is 10.1. The van der Waals surface area contributed by atoms with Crippen LogP contribution in [0.2, 0.25) is 0 Å². The molecule has 1 aliphatic heterocycles. The predicted octanol–water partition coefficient (Wildman–Crippen LogP) is 3.83. The Kier molecular flexibility index (Phi) is 5.41. The molecule has 1 saturated carbocycles. The van der Waals surface area contributed by atoms with E-state index in [-0.39, 0.29) is 17.9 Å². The summed E-state index contributed by atoms with van der Waals surface area (Å²) in [6.07, 6.45) is 8.34. The van der Waals surface area contributed by atoms with Crippen LogP contribution >= 0.6 is 0 Å². The lowest BCUT2D eigenvalue weighted by Gasteiger charge is -2.15. The van der Waals surface area contributed by atoms with Gasteiger partial charge in [-0.25, -0.2) is 0 Å². The lowest BCUT2D eigenvalue weighted by Crippen LogP contribution is -2.30. The highest BCUT2D eigenvalue weighted by molar-refractivity contribution is 5.79. The third-order valence-corrected chi connectivity index (χ3v) is 5.51. The van der Waals surface area contributed by atoms with Crippen molar-refractivity contribution in [3.63, 3.8) is 0 Å². The fourth-order valence-corrected chi connectivity index (χ4v) is 3.95. The second-order valence-electron chi connectivity index (χ2n) is 7.72. The van der Waals surface area contributed by atoms with Crippen molar-refractivity contribution < 1.29 is 14.1 Å². The van der Waals surface area contributed by atoms with Gasteiger partial charge in [-0.05, 0) is 63.1 Å². The van der Waals surface area contributed by atoms with Gasteiger partial charge >= 0.3 is 0 Å². The topological polar surface area (TPSA) is 77.3 Å². The lowest BCUT2D eigenvalue weighted by atomic mass is 9.99. The molecule has 1 atom stereocenters. The first-order valence-electron chi connectivity index (χ1n) is 10.1. The summed E-state index contributed by atoms with van der Waals surface area (Å²) in [5, 5.41) is 7.13. The van der Waals surface area contributed by atoms with Gasteiger partial charge in [-0.3, -0.25) is 4.79 Å². The Balaban J connectivity index is 1.53. The molecule has 0 spiro atoms. The molecule has 0 bridgehead atoms. The van der Waals surface area contributed by atoms with E-state index in [2.05, 4.69) is 22.4 Å². The van der Waals surface area contributed by atoms with E-state index in [4.69, 9.17) is 9.26 Å². The Bertz CT molecular complexity index is 796. The quantitative estimate of drug-likeness (QED) is 0.867. The number of ether oxygens (including phenoxy) is 1. The maximum absolute atomic E-state index is 12.2. The minimum absolute atomic E-state index is 0.0898. The summed E-state index contributed by atoms with van der Waals surface area (Å²) >= 11 is 0. The Morgan fingerprint density at radius 2 is 2.00 bits per heavy atom. The van der Waals surface area contributed by atoms with Gasteiger partial charge in [-0.1, -0.05) is 17.6 Å². The third-order valence-electron chi connectivity index (χ3n) is 5.51. The van der Waals surface area contributed by atoms with E-state index in [0.29, 0.717) is 18.1 Å². The average Bonchev–Trinajstić information content (AvgIpc) is 3.28. The summed E-state index contributed by atoms with van der Waals surface area (Å²) < 4.78 is 11.7. The molecule has 2 aromatic rings. The van der Waals surface area contributed by atoms with E-state index < -0.39 is 0 Å². The molecule has 144 valence electrons. The first-order chi connectivity index (χ1) is 13.2. The molecular weight excluding hydrogens is 342 g/mol. The van der Waals surface area contributed by atoms with Crippen molar-refractivity contribution in [3.8, 4) is 17.1 Å². The minimum Gasteiger partial charge on any atom is -0.490 e. The average molecular weight is 369 g/mol. The number of nitrogens with one attached hydrogen (secondary N) is 1. The molecule has 0 radical (unpaired) electrons. The smallest absolute Gasteiger partial charge is 0.227 e. The number of carbonyl (C=O) groups excluding carboxylic acids is 1. The second-order valence-corrected chi connectivity index (χ2v) is 7.72. The Morgan fingerprint density at radius 3 is 2.85 bits per heavy atom. The van der Waals surface area contributed by atoms with Gasteiger partial charge in [0.2, 0.25) is 17.6 Å².